The van der Waals surface area contributed by atoms with E-state index < -0.39 is 0 Å². The van der Waals surface area contributed by atoms with Crippen LogP contribution in [-0.2, 0) is 6.61 Å². The molecule has 0 saturated carbocycles. The molecular weight excluding hydrogens is 296 g/mol. The van der Waals surface area contributed by atoms with Crippen molar-refractivity contribution in [2.45, 2.75) is 13.5 Å². The Labute approximate surface area is 136 Å². The number of rotatable bonds is 6. The molecule has 0 amide bonds. The minimum Gasteiger partial charge on any atom is -0.497 e. The third kappa shape index (κ3) is 3.05. The molecule has 0 aliphatic heterocycles. The molecule has 2 aromatic carbocycles. The Morgan fingerprint density at radius 2 is 1.43 bits per heavy atom. The molecule has 5 heteroatoms. The summed E-state index contributed by atoms with van der Waals surface area (Å²) in [7, 11) is 6.34. The smallest absolute Gasteiger partial charge is 0.204 e. The first kappa shape index (κ1) is 17.0. The molecule has 5 nitrogen and oxygen atoms in total. The van der Waals surface area contributed by atoms with Crippen LogP contribution < -0.4 is 18.9 Å². The highest BCUT2D eigenvalue weighted by atomic mass is 16.5. The van der Waals surface area contributed by atoms with Crippen LogP contribution in [0.2, 0.25) is 0 Å². The maximum absolute atomic E-state index is 9.71. The van der Waals surface area contributed by atoms with Gasteiger partial charge in [0.25, 0.3) is 0 Å². The second-order valence-electron chi connectivity index (χ2n) is 5.02. The number of aryl methyl sites for hydroxylation is 1. The fourth-order valence-electron chi connectivity index (χ4n) is 2.68. The van der Waals surface area contributed by atoms with Gasteiger partial charge >= 0.3 is 0 Å². The Bertz CT molecular complexity index is 694. The first-order valence-corrected chi connectivity index (χ1v) is 7.18. The zero-order valence-electron chi connectivity index (χ0n) is 14.1. The zero-order chi connectivity index (χ0) is 17.0. The fraction of sp³-hybridized carbons (Fsp3) is 0.333. The van der Waals surface area contributed by atoms with E-state index in [4.69, 9.17) is 18.9 Å². The Balaban J connectivity index is 2.75. The van der Waals surface area contributed by atoms with Gasteiger partial charge in [-0.2, -0.15) is 0 Å². The average molecular weight is 318 g/mol. The summed E-state index contributed by atoms with van der Waals surface area (Å²) in [5, 5.41) is 9.71. The van der Waals surface area contributed by atoms with E-state index in [2.05, 4.69) is 0 Å². The minimum atomic E-state index is -0.108. The van der Waals surface area contributed by atoms with Crippen LogP contribution in [-0.4, -0.2) is 33.5 Å². The fourth-order valence-corrected chi connectivity index (χ4v) is 2.68. The van der Waals surface area contributed by atoms with Crippen molar-refractivity contribution in [1.29, 1.82) is 0 Å². The van der Waals surface area contributed by atoms with Gasteiger partial charge < -0.3 is 24.1 Å². The Morgan fingerprint density at radius 1 is 0.783 bits per heavy atom. The van der Waals surface area contributed by atoms with Crippen LogP contribution in [0.1, 0.15) is 11.1 Å². The largest absolute Gasteiger partial charge is 0.497 e. The highest BCUT2D eigenvalue weighted by molar-refractivity contribution is 5.80. The topological polar surface area (TPSA) is 57.2 Å². The lowest BCUT2D eigenvalue weighted by Crippen LogP contribution is -2.00. The number of benzene rings is 2. The summed E-state index contributed by atoms with van der Waals surface area (Å²) in [4.78, 5) is 0. The first-order chi connectivity index (χ1) is 11.1. The van der Waals surface area contributed by atoms with Crippen molar-refractivity contribution in [1.82, 2.24) is 0 Å². The molecule has 2 rings (SSSR count). The van der Waals surface area contributed by atoms with Gasteiger partial charge in [-0.15, -0.1) is 0 Å². The van der Waals surface area contributed by atoms with Crippen LogP contribution in [0.4, 0.5) is 0 Å². The van der Waals surface area contributed by atoms with Gasteiger partial charge in [0.1, 0.15) is 5.75 Å². The summed E-state index contributed by atoms with van der Waals surface area (Å²) in [6.07, 6.45) is 0. The normalized spacial score (nSPS) is 10.3. The molecule has 0 aliphatic rings. The van der Waals surface area contributed by atoms with Crippen molar-refractivity contribution in [3.05, 3.63) is 35.4 Å². The maximum atomic E-state index is 9.71. The predicted octanol–water partition coefficient (Wildman–Crippen LogP) is 3.19. The third-order valence-electron chi connectivity index (χ3n) is 3.76. The van der Waals surface area contributed by atoms with Crippen LogP contribution in [0.3, 0.4) is 0 Å². The standard InChI is InChI=1S/C18H22O5/c1-11-8-15(17(22-4)18(23-5)16(11)21-3)14-7-6-13(20-2)9-12(14)10-19/h6-9,19H,10H2,1-5H3. The lowest BCUT2D eigenvalue weighted by Gasteiger charge is -2.19. The molecule has 0 unspecified atom stereocenters. The second kappa shape index (κ2) is 7.24. The van der Waals surface area contributed by atoms with Crippen LogP contribution >= 0.6 is 0 Å². The molecule has 0 aliphatic carbocycles. The predicted molar refractivity (Wildman–Crippen MR) is 88.7 cm³/mol. The maximum Gasteiger partial charge on any atom is 0.204 e. The number of aliphatic hydroxyl groups excluding tert-OH is 1. The highest BCUT2D eigenvalue weighted by Crippen LogP contribution is 2.47. The first-order valence-electron chi connectivity index (χ1n) is 7.18. The number of ether oxygens (including phenoxy) is 4. The van der Waals surface area contributed by atoms with Gasteiger partial charge in [-0.1, -0.05) is 6.07 Å². The van der Waals surface area contributed by atoms with Crippen LogP contribution in [0, 0.1) is 6.92 Å². The van der Waals surface area contributed by atoms with E-state index in [-0.39, 0.29) is 6.61 Å². The number of hydrogen-bond donors (Lipinski definition) is 1. The summed E-state index contributed by atoms with van der Waals surface area (Å²) in [6, 6.07) is 7.51. The molecule has 0 radical (unpaired) electrons. The molecule has 0 atom stereocenters. The van der Waals surface area contributed by atoms with E-state index in [1.54, 1.807) is 34.5 Å². The van der Waals surface area contributed by atoms with Crippen molar-refractivity contribution in [3.8, 4) is 34.1 Å². The van der Waals surface area contributed by atoms with Crippen molar-refractivity contribution in [2.75, 3.05) is 28.4 Å². The van der Waals surface area contributed by atoms with Gasteiger partial charge in [0.2, 0.25) is 5.75 Å². The molecule has 0 heterocycles. The SMILES string of the molecule is COc1ccc(-c2cc(C)c(OC)c(OC)c2OC)c(CO)c1. The number of hydrogen-bond acceptors (Lipinski definition) is 5. The minimum absolute atomic E-state index is 0.108. The lowest BCUT2D eigenvalue weighted by atomic mass is 9.96. The average Bonchev–Trinajstić information content (AvgIpc) is 2.59. The lowest BCUT2D eigenvalue weighted by molar-refractivity contribution is 0.281. The zero-order valence-corrected chi connectivity index (χ0v) is 14.1. The molecule has 0 aromatic heterocycles. The van der Waals surface area contributed by atoms with Gasteiger partial charge in [-0.25, -0.2) is 0 Å². The molecule has 0 saturated heterocycles. The molecular formula is C18H22O5. The summed E-state index contributed by atoms with van der Waals surface area (Å²) >= 11 is 0. The summed E-state index contributed by atoms with van der Waals surface area (Å²) in [5.74, 6) is 2.42. The molecule has 0 spiro atoms. The van der Waals surface area contributed by atoms with Crippen molar-refractivity contribution >= 4 is 0 Å². The Kier molecular flexibility index (Phi) is 5.34. The van der Waals surface area contributed by atoms with E-state index in [9.17, 15) is 5.11 Å². The molecule has 124 valence electrons. The molecule has 0 bridgehead atoms. The third-order valence-corrected chi connectivity index (χ3v) is 3.76. The number of aliphatic hydroxyl groups is 1. The Morgan fingerprint density at radius 3 is 1.96 bits per heavy atom. The Hall–Kier alpha value is -2.40. The molecule has 2 aromatic rings. The summed E-state index contributed by atoms with van der Waals surface area (Å²) in [6.45, 7) is 1.83. The quantitative estimate of drug-likeness (QED) is 0.886. The van der Waals surface area contributed by atoms with E-state index in [0.29, 0.717) is 23.0 Å². The van der Waals surface area contributed by atoms with E-state index >= 15 is 0 Å². The van der Waals surface area contributed by atoms with Crippen molar-refractivity contribution < 1.29 is 24.1 Å². The van der Waals surface area contributed by atoms with Gasteiger partial charge in [0.15, 0.2) is 11.5 Å². The van der Waals surface area contributed by atoms with Gasteiger partial charge in [-0.3, -0.25) is 0 Å². The van der Waals surface area contributed by atoms with E-state index in [1.165, 1.54) is 0 Å². The van der Waals surface area contributed by atoms with Crippen molar-refractivity contribution in [3.63, 3.8) is 0 Å². The molecule has 0 fully saturated rings. The van der Waals surface area contributed by atoms with Crippen LogP contribution in [0.5, 0.6) is 23.0 Å². The second-order valence-corrected chi connectivity index (χ2v) is 5.02. The van der Waals surface area contributed by atoms with Crippen LogP contribution in [0.15, 0.2) is 24.3 Å². The summed E-state index contributed by atoms with van der Waals surface area (Å²) < 4.78 is 21.7. The monoisotopic (exact) mass is 318 g/mol. The van der Waals surface area contributed by atoms with E-state index in [0.717, 1.165) is 22.3 Å². The van der Waals surface area contributed by atoms with Crippen LogP contribution in [0.25, 0.3) is 11.1 Å². The van der Waals surface area contributed by atoms with E-state index in [1.807, 2.05) is 25.1 Å². The molecule has 1 N–H and O–H groups in total. The summed E-state index contributed by atoms with van der Waals surface area (Å²) in [5.41, 5.74) is 3.35. The van der Waals surface area contributed by atoms with Gasteiger partial charge in [0.05, 0.1) is 35.0 Å². The van der Waals surface area contributed by atoms with Gasteiger partial charge in [-0.05, 0) is 41.8 Å². The highest BCUT2D eigenvalue weighted by Gasteiger charge is 2.21. The van der Waals surface area contributed by atoms with Crippen molar-refractivity contribution in [2.24, 2.45) is 0 Å². The van der Waals surface area contributed by atoms with Gasteiger partial charge in [0, 0.05) is 5.56 Å². The number of methoxy groups -OCH3 is 4. The molecule has 23 heavy (non-hydrogen) atoms.